The van der Waals surface area contributed by atoms with Gasteiger partial charge >= 0.3 is 0 Å². The normalized spacial score (nSPS) is 30.3. The highest BCUT2D eigenvalue weighted by Crippen LogP contribution is 2.38. The van der Waals surface area contributed by atoms with Gasteiger partial charge in [0.25, 0.3) is 0 Å². The van der Waals surface area contributed by atoms with Crippen LogP contribution in [-0.4, -0.2) is 66.5 Å². The molecule has 2 atom stereocenters. The first-order valence-corrected chi connectivity index (χ1v) is 8.44. The fourth-order valence-electron chi connectivity index (χ4n) is 3.62. The minimum absolute atomic E-state index is 0.0369. The molecule has 0 saturated carbocycles. The highest BCUT2D eigenvalue weighted by Gasteiger charge is 2.48. The van der Waals surface area contributed by atoms with Crippen LogP contribution < -0.4 is 5.73 Å². The molecule has 0 amide bonds. The summed E-state index contributed by atoms with van der Waals surface area (Å²) < 4.78 is 5.32. The van der Waals surface area contributed by atoms with E-state index in [1.54, 1.807) is 7.11 Å². The number of rotatable bonds is 3. The zero-order valence-electron chi connectivity index (χ0n) is 13.9. The number of aliphatic imine (C=N–C) groups is 1. The first-order chi connectivity index (χ1) is 12.1. The zero-order chi connectivity index (χ0) is 17.3. The Kier molecular flexibility index (Phi) is 2.88. The Morgan fingerprint density at radius 1 is 1.16 bits per heavy atom. The fourth-order valence-corrected chi connectivity index (χ4v) is 3.62. The van der Waals surface area contributed by atoms with E-state index in [0.717, 1.165) is 31.8 Å². The molecule has 0 aromatic heterocycles. The second-order valence-corrected chi connectivity index (χ2v) is 6.78. The summed E-state index contributed by atoms with van der Waals surface area (Å²) in [6.07, 6.45) is 5.15. The standard InChI is InChI=1S/C18H18N4O3/c1-25-11-3-2-9-8-10-14(20-13(9)12(11)19)18(24)16(22-6-7-22)15(17(10)23)21-4-5-21/h2-3,8,10-11H,4-7,19H2,1H3. The van der Waals surface area contributed by atoms with Crippen molar-refractivity contribution in [1.82, 2.24) is 9.80 Å². The van der Waals surface area contributed by atoms with Gasteiger partial charge in [0.2, 0.25) is 5.78 Å². The largest absolute Gasteiger partial charge is 0.398 e. The summed E-state index contributed by atoms with van der Waals surface area (Å²) in [5.41, 5.74) is 9.32. The number of nitrogens with zero attached hydrogens (tertiary/aromatic N) is 3. The summed E-state index contributed by atoms with van der Waals surface area (Å²) >= 11 is 0. The third-order valence-corrected chi connectivity index (χ3v) is 5.15. The first-order valence-electron chi connectivity index (χ1n) is 8.44. The lowest BCUT2D eigenvalue weighted by Gasteiger charge is -2.31. The van der Waals surface area contributed by atoms with Crippen molar-refractivity contribution in [3.05, 3.63) is 46.6 Å². The summed E-state index contributed by atoms with van der Waals surface area (Å²) in [4.78, 5) is 34.7. The fraction of sp³-hybridized carbons (Fsp3) is 0.389. The van der Waals surface area contributed by atoms with Gasteiger partial charge in [-0.25, -0.2) is 4.99 Å². The van der Waals surface area contributed by atoms with Gasteiger partial charge < -0.3 is 20.3 Å². The maximum atomic E-state index is 13.1. The van der Waals surface area contributed by atoms with E-state index in [4.69, 9.17) is 10.5 Å². The van der Waals surface area contributed by atoms with Crippen molar-refractivity contribution in [2.24, 2.45) is 16.6 Å². The average Bonchev–Trinajstić information content (AvgIpc) is 3.50. The number of dihydropyridines is 1. The van der Waals surface area contributed by atoms with E-state index in [2.05, 4.69) is 4.99 Å². The zero-order valence-corrected chi connectivity index (χ0v) is 13.9. The molecule has 7 heteroatoms. The summed E-state index contributed by atoms with van der Waals surface area (Å²) in [5, 5.41) is 0. The van der Waals surface area contributed by atoms with Crippen molar-refractivity contribution in [3.63, 3.8) is 0 Å². The van der Waals surface area contributed by atoms with Crippen molar-refractivity contribution in [3.8, 4) is 0 Å². The van der Waals surface area contributed by atoms with Gasteiger partial charge in [0.05, 0.1) is 17.3 Å². The molecule has 5 aliphatic rings. The Morgan fingerprint density at radius 2 is 1.84 bits per heavy atom. The van der Waals surface area contributed by atoms with Crippen molar-refractivity contribution < 1.29 is 14.3 Å². The SMILES string of the molecule is COC1C=CC2=CC3C(=O)C(N4CC4)=C(N4CC4)C(=O)C3=NC2=C1N. The third-order valence-electron chi connectivity index (χ3n) is 5.15. The number of carbonyl (C=O) groups is 2. The van der Waals surface area contributed by atoms with E-state index in [9.17, 15) is 9.59 Å². The van der Waals surface area contributed by atoms with Crippen molar-refractivity contribution in [1.29, 1.82) is 0 Å². The number of Topliss-reactive ketones (excluding diaryl/α,β-unsaturated/α-hetero) is 2. The lowest BCUT2D eigenvalue weighted by atomic mass is 9.81. The van der Waals surface area contributed by atoms with Gasteiger partial charge in [0, 0.05) is 33.3 Å². The van der Waals surface area contributed by atoms with Crippen LogP contribution in [0.25, 0.3) is 0 Å². The molecule has 3 heterocycles. The Labute approximate surface area is 144 Å². The topological polar surface area (TPSA) is 87.8 Å². The second-order valence-electron chi connectivity index (χ2n) is 6.78. The Morgan fingerprint density at radius 3 is 2.48 bits per heavy atom. The Bertz CT molecular complexity index is 869. The van der Waals surface area contributed by atoms with Gasteiger partial charge in [-0.15, -0.1) is 0 Å². The molecule has 128 valence electrons. The number of allylic oxidation sites excluding steroid dienone is 4. The highest BCUT2D eigenvalue weighted by atomic mass is 16.5. The van der Waals surface area contributed by atoms with E-state index in [1.807, 2.05) is 28.0 Å². The molecule has 2 saturated heterocycles. The van der Waals surface area contributed by atoms with E-state index >= 15 is 0 Å². The molecule has 7 nitrogen and oxygen atoms in total. The number of methoxy groups -OCH3 is 1. The molecule has 0 radical (unpaired) electrons. The van der Waals surface area contributed by atoms with Crippen LogP contribution >= 0.6 is 0 Å². The van der Waals surface area contributed by atoms with Gasteiger partial charge in [-0.05, 0) is 11.6 Å². The molecule has 0 bridgehead atoms. The number of hydrogen-bond donors (Lipinski definition) is 1. The maximum absolute atomic E-state index is 13.1. The number of carbonyl (C=O) groups excluding carboxylic acids is 2. The Hall–Kier alpha value is -2.67. The maximum Gasteiger partial charge on any atom is 0.226 e. The molecule has 2 fully saturated rings. The molecular weight excluding hydrogens is 320 g/mol. The van der Waals surface area contributed by atoms with Crippen molar-refractivity contribution in [2.45, 2.75) is 6.10 Å². The van der Waals surface area contributed by atoms with Crippen molar-refractivity contribution >= 4 is 17.3 Å². The molecule has 0 aromatic rings. The van der Waals surface area contributed by atoms with E-state index < -0.39 is 5.92 Å². The number of hydrogen-bond acceptors (Lipinski definition) is 7. The van der Waals surface area contributed by atoms with Gasteiger partial charge in [0.15, 0.2) is 5.78 Å². The monoisotopic (exact) mass is 338 g/mol. The van der Waals surface area contributed by atoms with Crippen LogP contribution in [-0.2, 0) is 14.3 Å². The van der Waals surface area contributed by atoms with Gasteiger partial charge in [-0.2, -0.15) is 0 Å². The summed E-state index contributed by atoms with van der Waals surface area (Å²) in [5.74, 6) is -0.810. The van der Waals surface area contributed by atoms with Gasteiger partial charge in [0.1, 0.15) is 23.2 Å². The summed E-state index contributed by atoms with van der Waals surface area (Å²) in [6, 6.07) is 0. The third kappa shape index (κ3) is 2.05. The van der Waals surface area contributed by atoms with Crippen LogP contribution in [0.2, 0.25) is 0 Å². The molecule has 0 spiro atoms. The van der Waals surface area contributed by atoms with Crippen LogP contribution in [0.3, 0.4) is 0 Å². The molecule has 3 aliphatic heterocycles. The first kappa shape index (κ1) is 14.7. The second kappa shape index (κ2) is 4.92. The lowest BCUT2D eigenvalue weighted by molar-refractivity contribution is -0.120. The van der Waals surface area contributed by atoms with Crippen LogP contribution in [0.5, 0.6) is 0 Å². The average molecular weight is 338 g/mol. The quantitative estimate of drug-likeness (QED) is 0.713. The van der Waals surface area contributed by atoms with Crippen LogP contribution in [0.15, 0.2) is 51.6 Å². The van der Waals surface area contributed by atoms with Gasteiger partial charge in [-0.3, -0.25) is 9.59 Å². The predicted molar refractivity (Wildman–Crippen MR) is 90.3 cm³/mol. The number of ether oxygens (including phenoxy) is 1. The van der Waals surface area contributed by atoms with E-state index in [-0.39, 0.29) is 23.4 Å². The molecule has 25 heavy (non-hydrogen) atoms. The molecule has 2 unspecified atom stereocenters. The minimum atomic E-state index is -0.623. The summed E-state index contributed by atoms with van der Waals surface area (Å²) in [7, 11) is 1.57. The van der Waals surface area contributed by atoms with Crippen LogP contribution in [0, 0.1) is 5.92 Å². The number of ketones is 2. The van der Waals surface area contributed by atoms with Crippen molar-refractivity contribution in [2.75, 3.05) is 33.3 Å². The molecule has 2 aliphatic carbocycles. The van der Waals surface area contributed by atoms with E-state index in [1.165, 1.54) is 0 Å². The Balaban J connectivity index is 1.66. The van der Waals surface area contributed by atoms with E-state index in [0.29, 0.717) is 22.8 Å². The number of nitrogens with two attached hydrogens (primary N) is 1. The predicted octanol–water partition coefficient (Wildman–Crippen LogP) is -0.267. The van der Waals surface area contributed by atoms with Crippen LogP contribution in [0.1, 0.15) is 0 Å². The van der Waals surface area contributed by atoms with Crippen LogP contribution in [0.4, 0.5) is 0 Å². The smallest absolute Gasteiger partial charge is 0.226 e. The molecule has 2 N–H and O–H groups in total. The highest BCUT2D eigenvalue weighted by molar-refractivity contribution is 6.53. The molecular formula is C18H18N4O3. The molecule has 5 rings (SSSR count). The lowest BCUT2D eigenvalue weighted by Crippen LogP contribution is -2.43. The summed E-state index contributed by atoms with van der Waals surface area (Å²) in [6.45, 7) is 3.28. The minimum Gasteiger partial charge on any atom is -0.398 e. The number of fused-ring (bicyclic) bond motifs is 2. The van der Waals surface area contributed by atoms with Gasteiger partial charge in [-0.1, -0.05) is 12.2 Å². The molecule has 0 aromatic carbocycles.